The van der Waals surface area contributed by atoms with Gasteiger partial charge in [-0.3, -0.25) is 14.4 Å². The highest BCUT2D eigenvalue weighted by Gasteiger charge is 2.49. The van der Waals surface area contributed by atoms with Crippen LogP contribution in [0.5, 0.6) is 0 Å². The largest absolute Gasteiger partial charge is 0.460 e. The normalized spacial score (nSPS) is 40.1. The third-order valence-corrected chi connectivity index (χ3v) is 4.36. The summed E-state index contributed by atoms with van der Waals surface area (Å²) in [5.74, 6) is -0.0731. The molecule has 0 spiro atoms. The lowest BCUT2D eigenvalue weighted by molar-refractivity contribution is -0.152. The minimum Gasteiger partial charge on any atom is -0.460 e. The average Bonchev–Trinajstić information content (AvgIpc) is 2.90. The molecule has 3 heterocycles. The number of piperidine rings is 1. The molecule has 5 nitrogen and oxygen atoms in total. The van der Waals surface area contributed by atoms with Gasteiger partial charge in [0.1, 0.15) is 6.10 Å². The van der Waals surface area contributed by atoms with E-state index in [1.54, 1.807) is 4.90 Å². The summed E-state index contributed by atoms with van der Waals surface area (Å²) < 4.78 is 5.35. The van der Waals surface area contributed by atoms with Gasteiger partial charge in [0, 0.05) is 12.8 Å². The Hall–Kier alpha value is -1.39. The summed E-state index contributed by atoms with van der Waals surface area (Å²) in [4.78, 5) is 36.9. The number of ketones is 1. The van der Waals surface area contributed by atoms with E-state index >= 15 is 0 Å². The van der Waals surface area contributed by atoms with Crippen molar-refractivity contribution in [2.24, 2.45) is 5.92 Å². The van der Waals surface area contributed by atoms with Crippen LogP contribution < -0.4 is 0 Å². The van der Waals surface area contributed by atoms with Crippen molar-refractivity contribution in [3.63, 3.8) is 0 Å². The van der Waals surface area contributed by atoms with E-state index in [4.69, 9.17) is 4.74 Å². The van der Waals surface area contributed by atoms with Crippen LogP contribution in [0.4, 0.5) is 0 Å². The number of amides is 1. The maximum atomic E-state index is 12.0. The van der Waals surface area contributed by atoms with Gasteiger partial charge >= 0.3 is 5.97 Å². The average molecular weight is 251 g/mol. The Bertz CT molecular complexity index is 419. The maximum absolute atomic E-state index is 12.0. The molecule has 3 aliphatic rings. The number of nitrogens with zero attached hydrogens (tertiary/aromatic N) is 1. The van der Waals surface area contributed by atoms with E-state index in [2.05, 4.69) is 0 Å². The van der Waals surface area contributed by atoms with E-state index in [0.717, 1.165) is 12.8 Å². The van der Waals surface area contributed by atoms with Gasteiger partial charge < -0.3 is 9.64 Å². The predicted octanol–water partition coefficient (Wildman–Crippen LogP) is 0.660. The number of hydrogen-bond donors (Lipinski definition) is 0. The second kappa shape index (κ2) is 4.07. The lowest BCUT2D eigenvalue weighted by atomic mass is 9.99. The molecule has 4 atom stereocenters. The Morgan fingerprint density at radius 3 is 2.61 bits per heavy atom. The van der Waals surface area contributed by atoms with Crippen LogP contribution in [-0.2, 0) is 19.1 Å². The number of ether oxygens (including phenoxy) is 1. The van der Waals surface area contributed by atoms with Crippen molar-refractivity contribution in [3.05, 3.63) is 0 Å². The second-order valence-electron chi connectivity index (χ2n) is 5.54. The van der Waals surface area contributed by atoms with Crippen LogP contribution in [0.15, 0.2) is 0 Å². The Labute approximate surface area is 105 Å². The molecular weight excluding hydrogens is 234 g/mol. The van der Waals surface area contributed by atoms with Crippen molar-refractivity contribution in [2.45, 2.75) is 57.2 Å². The topological polar surface area (TPSA) is 63.7 Å². The molecule has 0 aromatic rings. The highest BCUT2D eigenvalue weighted by Crippen LogP contribution is 2.36. The van der Waals surface area contributed by atoms with Gasteiger partial charge in [-0.05, 0) is 19.3 Å². The number of fused-ring (bicyclic) bond motifs is 1. The summed E-state index contributed by atoms with van der Waals surface area (Å²) in [5, 5.41) is 0. The molecule has 5 heteroatoms. The zero-order valence-corrected chi connectivity index (χ0v) is 10.4. The van der Waals surface area contributed by atoms with Crippen LogP contribution in [0.25, 0.3) is 0 Å². The number of carbonyl (C=O) groups is 3. The first-order valence-corrected chi connectivity index (χ1v) is 6.62. The Balaban J connectivity index is 1.80. The van der Waals surface area contributed by atoms with Gasteiger partial charge in [0.05, 0.1) is 18.0 Å². The van der Waals surface area contributed by atoms with Crippen LogP contribution in [0.3, 0.4) is 0 Å². The quantitative estimate of drug-likeness (QED) is 0.642. The Morgan fingerprint density at radius 2 is 1.94 bits per heavy atom. The van der Waals surface area contributed by atoms with Gasteiger partial charge in [-0.1, -0.05) is 6.92 Å². The first-order chi connectivity index (χ1) is 8.58. The highest BCUT2D eigenvalue weighted by atomic mass is 16.6. The van der Waals surface area contributed by atoms with Crippen molar-refractivity contribution in [1.82, 2.24) is 4.90 Å². The third-order valence-electron chi connectivity index (χ3n) is 4.36. The van der Waals surface area contributed by atoms with Crippen molar-refractivity contribution in [1.29, 1.82) is 0 Å². The zero-order chi connectivity index (χ0) is 12.9. The van der Waals surface area contributed by atoms with E-state index in [9.17, 15) is 14.4 Å². The second-order valence-corrected chi connectivity index (χ2v) is 5.54. The molecule has 0 aromatic carbocycles. The smallest absolute Gasteiger partial charge is 0.309 e. The lowest BCUT2D eigenvalue weighted by Crippen LogP contribution is -2.52. The predicted molar refractivity (Wildman–Crippen MR) is 61.6 cm³/mol. The van der Waals surface area contributed by atoms with E-state index in [0.29, 0.717) is 19.3 Å². The summed E-state index contributed by atoms with van der Waals surface area (Å²) in [6.07, 6.45) is 2.61. The van der Waals surface area contributed by atoms with Crippen molar-refractivity contribution in [3.8, 4) is 0 Å². The molecule has 1 amide bonds. The molecule has 0 radical (unpaired) electrons. The first-order valence-electron chi connectivity index (χ1n) is 6.62. The molecule has 0 bridgehead atoms. The summed E-state index contributed by atoms with van der Waals surface area (Å²) in [7, 11) is 0. The van der Waals surface area contributed by atoms with Gasteiger partial charge in [0.15, 0.2) is 5.78 Å². The molecule has 18 heavy (non-hydrogen) atoms. The lowest BCUT2D eigenvalue weighted by Gasteiger charge is -2.35. The van der Waals surface area contributed by atoms with Crippen LogP contribution in [0.1, 0.15) is 39.0 Å². The van der Waals surface area contributed by atoms with Crippen molar-refractivity contribution in [2.75, 3.05) is 0 Å². The number of carbonyl (C=O) groups excluding carboxylic acids is 3. The fraction of sp³-hybridized carbons (Fsp3) is 0.769. The Kier molecular flexibility index (Phi) is 2.64. The SMILES string of the molecule is C[C@H]1C[C@@H]([C@@H]2CC[C@H]3C(=O)CCC(=O)N32)OC1=O. The van der Waals surface area contributed by atoms with Gasteiger partial charge in [0.25, 0.3) is 0 Å². The first kappa shape index (κ1) is 11.7. The van der Waals surface area contributed by atoms with Crippen molar-refractivity contribution < 1.29 is 19.1 Å². The Morgan fingerprint density at radius 1 is 1.17 bits per heavy atom. The molecule has 0 saturated carbocycles. The standard InChI is InChI=1S/C13H17NO4/c1-7-6-11(18-13(7)17)9-3-2-8-10(15)4-5-12(16)14(8)9/h7-9,11H,2-6H2,1H3/t7-,8-,9-,11-/m0/s1. The van der Waals surface area contributed by atoms with E-state index in [1.165, 1.54) is 0 Å². The summed E-state index contributed by atoms with van der Waals surface area (Å²) >= 11 is 0. The van der Waals surface area contributed by atoms with Crippen molar-refractivity contribution >= 4 is 17.7 Å². The molecule has 3 fully saturated rings. The molecule has 0 aromatic heterocycles. The number of cyclic esters (lactones) is 1. The van der Waals surface area contributed by atoms with Gasteiger partial charge in [-0.25, -0.2) is 0 Å². The molecule has 3 rings (SSSR count). The monoisotopic (exact) mass is 251 g/mol. The van der Waals surface area contributed by atoms with Crippen LogP contribution in [0, 0.1) is 5.92 Å². The summed E-state index contributed by atoms with van der Waals surface area (Å²) in [6.45, 7) is 1.85. The summed E-state index contributed by atoms with van der Waals surface area (Å²) in [5.41, 5.74) is 0. The molecule has 0 unspecified atom stereocenters. The molecular formula is C13H17NO4. The molecule has 0 N–H and O–H groups in total. The molecule has 98 valence electrons. The van der Waals surface area contributed by atoms with Crippen LogP contribution in [0.2, 0.25) is 0 Å². The van der Waals surface area contributed by atoms with Gasteiger partial charge in [-0.2, -0.15) is 0 Å². The fourth-order valence-electron chi connectivity index (χ4n) is 3.40. The van der Waals surface area contributed by atoms with E-state index in [1.807, 2.05) is 6.92 Å². The molecule has 3 aliphatic heterocycles. The summed E-state index contributed by atoms with van der Waals surface area (Å²) in [6, 6.07) is -0.341. The molecule has 0 aliphatic carbocycles. The highest BCUT2D eigenvalue weighted by molar-refractivity contribution is 5.96. The van der Waals surface area contributed by atoms with Crippen LogP contribution >= 0.6 is 0 Å². The van der Waals surface area contributed by atoms with E-state index < -0.39 is 0 Å². The maximum Gasteiger partial charge on any atom is 0.309 e. The number of hydrogen-bond acceptors (Lipinski definition) is 4. The zero-order valence-electron chi connectivity index (χ0n) is 10.4. The number of rotatable bonds is 1. The molecule has 3 saturated heterocycles. The minimum absolute atomic E-state index is 0.0395. The van der Waals surface area contributed by atoms with Gasteiger partial charge in [-0.15, -0.1) is 0 Å². The minimum atomic E-state index is -0.258. The van der Waals surface area contributed by atoms with E-state index in [-0.39, 0.29) is 41.8 Å². The fourth-order valence-corrected chi connectivity index (χ4v) is 3.40. The number of Topliss-reactive ketones (excluding diaryl/α,β-unsaturated/α-hetero) is 1. The van der Waals surface area contributed by atoms with Crippen LogP contribution in [-0.4, -0.2) is 40.7 Å². The third kappa shape index (κ3) is 1.64. The number of esters is 1. The van der Waals surface area contributed by atoms with Gasteiger partial charge in [0.2, 0.25) is 5.91 Å².